The predicted octanol–water partition coefficient (Wildman–Crippen LogP) is 3.21. The lowest BCUT2D eigenvalue weighted by Gasteiger charge is -2.56. The fourth-order valence-electron chi connectivity index (χ4n) is 7.74. The molecule has 8 nitrogen and oxygen atoms in total. The molecule has 0 aromatic carbocycles. The molecule has 4 aliphatic carbocycles. The lowest BCUT2D eigenvalue weighted by molar-refractivity contribution is -0.157. The average Bonchev–Trinajstić information content (AvgIpc) is 3.10. The molecule has 2 aromatic rings. The van der Waals surface area contributed by atoms with Gasteiger partial charge in [-0.2, -0.15) is 0 Å². The lowest BCUT2D eigenvalue weighted by Crippen LogP contribution is -2.55. The van der Waals surface area contributed by atoms with Crippen molar-refractivity contribution in [2.75, 3.05) is 20.2 Å². The zero-order chi connectivity index (χ0) is 24.9. The molecule has 3 heterocycles. The third kappa shape index (κ3) is 4.00. The molecule has 4 fully saturated rings. The standard InChI is InChI=1S/C28H33N3O5/c1-35-26(33)25-22-4-7-30(27(34)28-14-19-10-20(15-28)12-21(11-19)16-28)8-9-31(22)24(32)13-23(25)36-17-18-2-5-29-6-3-18/h2-3,5-6,13,19-21H,4,7-12,14-17H2,1H3. The number of methoxy groups -OCH3 is 1. The molecule has 190 valence electrons. The summed E-state index contributed by atoms with van der Waals surface area (Å²) in [4.78, 5) is 45.9. The van der Waals surface area contributed by atoms with Crippen molar-refractivity contribution in [3.63, 3.8) is 0 Å². The van der Waals surface area contributed by atoms with E-state index in [2.05, 4.69) is 4.98 Å². The molecule has 0 saturated heterocycles. The molecule has 4 saturated carbocycles. The highest BCUT2D eigenvalue weighted by molar-refractivity contribution is 5.93. The van der Waals surface area contributed by atoms with Crippen molar-refractivity contribution in [3.05, 3.63) is 57.8 Å². The van der Waals surface area contributed by atoms with E-state index in [1.54, 1.807) is 17.0 Å². The van der Waals surface area contributed by atoms with E-state index < -0.39 is 5.97 Å². The number of carbonyl (C=O) groups is 2. The molecule has 0 radical (unpaired) electrons. The Balaban J connectivity index is 1.27. The van der Waals surface area contributed by atoms with Crippen LogP contribution < -0.4 is 10.3 Å². The van der Waals surface area contributed by atoms with Crippen LogP contribution in [0.5, 0.6) is 5.75 Å². The lowest BCUT2D eigenvalue weighted by atomic mass is 9.49. The molecular formula is C28H33N3O5. The van der Waals surface area contributed by atoms with Crippen LogP contribution in [0, 0.1) is 23.2 Å². The van der Waals surface area contributed by atoms with E-state index in [0.717, 1.165) is 24.8 Å². The van der Waals surface area contributed by atoms with Crippen LogP contribution in [0.4, 0.5) is 0 Å². The second kappa shape index (κ2) is 9.05. The number of amides is 1. The van der Waals surface area contributed by atoms with Crippen LogP contribution >= 0.6 is 0 Å². The first-order chi connectivity index (χ1) is 17.5. The van der Waals surface area contributed by atoms with Gasteiger partial charge in [0.1, 0.15) is 17.9 Å². The van der Waals surface area contributed by atoms with Gasteiger partial charge in [-0.3, -0.25) is 14.6 Å². The van der Waals surface area contributed by atoms with Crippen LogP contribution in [0.1, 0.15) is 60.1 Å². The Bertz CT molecular complexity index is 1200. The van der Waals surface area contributed by atoms with E-state index in [4.69, 9.17) is 9.47 Å². The summed E-state index contributed by atoms with van der Waals surface area (Å²) in [6.07, 6.45) is 10.7. The highest BCUT2D eigenvalue weighted by atomic mass is 16.5. The fraction of sp³-hybridized carbons (Fsp3) is 0.571. The van der Waals surface area contributed by atoms with Crippen LogP contribution in [0.2, 0.25) is 0 Å². The van der Waals surface area contributed by atoms with Gasteiger partial charge in [0.2, 0.25) is 5.91 Å². The quantitative estimate of drug-likeness (QED) is 0.597. The Morgan fingerprint density at radius 1 is 1.03 bits per heavy atom. The van der Waals surface area contributed by atoms with Crippen molar-refractivity contribution < 1.29 is 19.1 Å². The van der Waals surface area contributed by atoms with E-state index in [1.807, 2.05) is 17.0 Å². The molecule has 2 aromatic heterocycles. The van der Waals surface area contributed by atoms with Crippen molar-refractivity contribution >= 4 is 11.9 Å². The van der Waals surface area contributed by atoms with E-state index in [0.29, 0.717) is 49.5 Å². The Morgan fingerprint density at radius 3 is 2.33 bits per heavy atom. The zero-order valence-electron chi connectivity index (χ0n) is 20.8. The molecule has 1 amide bonds. The second-order valence-electron chi connectivity index (χ2n) is 11.2. The molecular weight excluding hydrogens is 458 g/mol. The van der Waals surface area contributed by atoms with Gasteiger partial charge in [0.15, 0.2) is 0 Å². The van der Waals surface area contributed by atoms with Crippen LogP contribution in [0.25, 0.3) is 0 Å². The molecule has 1 aliphatic heterocycles. The van der Waals surface area contributed by atoms with Crippen LogP contribution in [-0.4, -0.2) is 46.5 Å². The Labute approximate surface area is 210 Å². The summed E-state index contributed by atoms with van der Waals surface area (Å²) in [5.41, 5.74) is 1.28. The highest BCUT2D eigenvalue weighted by Gasteiger charge is 2.55. The minimum Gasteiger partial charge on any atom is -0.488 e. The third-order valence-electron chi connectivity index (χ3n) is 8.91. The largest absolute Gasteiger partial charge is 0.488 e. The zero-order valence-corrected chi connectivity index (χ0v) is 20.8. The normalized spacial score (nSPS) is 28.4. The summed E-state index contributed by atoms with van der Waals surface area (Å²) in [7, 11) is 1.33. The number of hydrogen-bond acceptors (Lipinski definition) is 6. The van der Waals surface area contributed by atoms with Gasteiger partial charge in [-0.15, -0.1) is 0 Å². The van der Waals surface area contributed by atoms with Gasteiger partial charge >= 0.3 is 5.97 Å². The van der Waals surface area contributed by atoms with E-state index >= 15 is 0 Å². The number of carbonyl (C=O) groups excluding carboxylic acids is 2. The molecule has 7 rings (SSSR count). The molecule has 0 atom stereocenters. The summed E-state index contributed by atoms with van der Waals surface area (Å²) in [6.45, 7) is 1.52. The van der Waals surface area contributed by atoms with Gasteiger partial charge in [-0.1, -0.05) is 0 Å². The number of ether oxygens (including phenoxy) is 2. The number of aromatic nitrogens is 2. The molecule has 8 heteroatoms. The van der Waals surface area contributed by atoms with E-state index in [-0.39, 0.29) is 34.8 Å². The highest BCUT2D eigenvalue weighted by Crippen LogP contribution is 2.60. The minimum absolute atomic E-state index is 0.200. The smallest absolute Gasteiger partial charge is 0.343 e. The molecule has 0 spiro atoms. The van der Waals surface area contributed by atoms with Gasteiger partial charge in [-0.25, -0.2) is 4.79 Å². The Morgan fingerprint density at radius 2 is 1.69 bits per heavy atom. The molecule has 5 aliphatic rings. The van der Waals surface area contributed by atoms with E-state index in [1.165, 1.54) is 32.4 Å². The van der Waals surface area contributed by atoms with Crippen molar-refractivity contribution in [3.8, 4) is 5.75 Å². The van der Waals surface area contributed by atoms with Gasteiger partial charge in [0.05, 0.1) is 12.5 Å². The number of esters is 1. The SMILES string of the molecule is COC(=O)c1c(OCc2ccncc2)cc(=O)n2c1CCN(C(=O)C13CC4CC(CC(C4)C1)C3)CC2. The molecule has 0 unspecified atom stereocenters. The first-order valence-corrected chi connectivity index (χ1v) is 13.1. The van der Waals surface area contributed by atoms with Gasteiger partial charge in [-0.05, 0) is 74.0 Å². The van der Waals surface area contributed by atoms with Crippen molar-refractivity contribution in [2.45, 2.75) is 58.1 Å². The average molecular weight is 492 g/mol. The number of pyridine rings is 2. The Kier molecular flexibility index (Phi) is 5.85. The molecule has 0 N–H and O–H groups in total. The summed E-state index contributed by atoms with van der Waals surface area (Å²) >= 11 is 0. The summed E-state index contributed by atoms with van der Waals surface area (Å²) in [5, 5.41) is 0. The summed E-state index contributed by atoms with van der Waals surface area (Å²) in [5.74, 6) is 2.02. The number of hydrogen-bond donors (Lipinski definition) is 0. The van der Waals surface area contributed by atoms with Crippen LogP contribution in [0.15, 0.2) is 35.4 Å². The van der Waals surface area contributed by atoms with Crippen molar-refractivity contribution in [1.82, 2.24) is 14.5 Å². The van der Waals surface area contributed by atoms with Crippen LogP contribution in [0.3, 0.4) is 0 Å². The van der Waals surface area contributed by atoms with E-state index in [9.17, 15) is 14.4 Å². The van der Waals surface area contributed by atoms with Crippen molar-refractivity contribution in [2.24, 2.45) is 23.2 Å². The van der Waals surface area contributed by atoms with Crippen LogP contribution in [-0.2, 0) is 29.1 Å². The number of fused-ring (bicyclic) bond motifs is 1. The minimum atomic E-state index is -0.538. The monoisotopic (exact) mass is 491 g/mol. The Hall–Kier alpha value is -3.16. The fourth-order valence-corrected chi connectivity index (χ4v) is 7.74. The van der Waals surface area contributed by atoms with Gasteiger partial charge < -0.3 is 18.9 Å². The first kappa shape index (κ1) is 23.3. The second-order valence-corrected chi connectivity index (χ2v) is 11.2. The summed E-state index contributed by atoms with van der Waals surface area (Å²) in [6, 6.07) is 5.01. The van der Waals surface area contributed by atoms with Gasteiger partial charge in [0.25, 0.3) is 5.56 Å². The molecule has 4 bridgehead atoms. The molecule has 36 heavy (non-hydrogen) atoms. The van der Waals surface area contributed by atoms with Crippen molar-refractivity contribution in [1.29, 1.82) is 0 Å². The first-order valence-electron chi connectivity index (χ1n) is 13.1. The number of rotatable bonds is 5. The maximum absolute atomic E-state index is 14.0. The topological polar surface area (TPSA) is 90.7 Å². The summed E-state index contributed by atoms with van der Waals surface area (Å²) < 4.78 is 12.7. The maximum atomic E-state index is 14.0. The maximum Gasteiger partial charge on any atom is 0.343 e. The third-order valence-corrected chi connectivity index (χ3v) is 8.91. The van der Waals surface area contributed by atoms with Gasteiger partial charge in [0, 0.05) is 50.2 Å². The predicted molar refractivity (Wildman–Crippen MR) is 131 cm³/mol. The number of nitrogens with zero attached hydrogens (tertiary/aromatic N) is 3.